The van der Waals surface area contributed by atoms with E-state index in [9.17, 15) is 4.79 Å². The van der Waals surface area contributed by atoms with Gasteiger partial charge < -0.3 is 4.90 Å². The zero-order chi connectivity index (χ0) is 14.4. The molecule has 1 aromatic heterocycles. The zero-order valence-corrected chi connectivity index (χ0v) is 14.4. The number of hydrogen-bond donors (Lipinski definition) is 0. The molecule has 0 radical (unpaired) electrons. The van der Waals surface area contributed by atoms with Crippen molar-refractivity contribution in [3.8, 4) is 0 Å². The van der Waals surface area contributed by atoms with Gasteiger partial charge in [-0.3, -0.25) is 4.79 Å². The molecule has 0 saturated carbocycles. The Hall–Kier alpha value is -0.490. The van der Waals surface area contributed by atoms with Crippen LogP contribution in [-0.4, -0.2) is 38.3 Å². The molecule has 0 aliphatic rings. The van der Waals surface area contributed by atoms with Gasteiger partial charge in [0.15, 0.2) is 0 Å². The van der Waals surface area contributed by atoms with Crippen molar-refractivity contribution in [3.63, 3.8) is 0 Å². The summed E-state index contributed by atoms with van der Waals surface area (Å²) in [6.45, 7) is 9.05. The summed E-state index contributed by atoms with van der Waals surface area (Å²) in [6.07, 6.45) is 1.94. The Morgan fingerprint density at radius 2 is 2.00 bits per heavy atom. The minimum absolute atomic E-state index is 0.0758. The number of alkyl halides is 1. The summed E-state index contributed by atoms with van der Waals surface area (Å²) in [4.78, 5) is 15.4. The molecular weight excluding hydrogens is 326 g/mol. The topological polar surface area (TPSA) is 46.1 Å². The number of rotatable bonds is 7. The standard InChI is InChI=1S/C13H22BrN3OS/c1-5-10(6-2)17(8-7-14)13(18)12-11(9(3)4)15-16-19-12/h9-10H,5-8H2,1-4H3. The number of amides is 1. The average molecular weight is 348 g/mol. The molecule has 1 rings (SSSR count). The van der Waals surface area contributed by atoms with E-state index in [0.29, 0.717) is 4.88 Å². The van der Waals surface area contributed by atoms with Gasteiger partial charge in [-0.25, -0.2) is 0 Å². The van der Waals surface area contributed by atoms with Crippen LogP contribution >= 0.6 is 27.5 Å². The summed E-state index contributed by atoms with van der Waals surface area (Å²) >= 11 is 4.64. The van der Waals surface area contributed by atoms with Crippen LogP contribution in [0.15, 0.2) is 0 Å². The molecular formula is C13H22BrN3OS. The second kappa shape index (κ2) is 7.94. The summed E-state index contributed by atoms with van der Waals surface area (Å²) in [5, 5.41) is 4.89. The minimum Gasteiger partial charge on any atom is -0.334 e. The smallest absolute Gasteiger partial charge is 0.267 e. The lowest BCUT2D eigenvalue weighted by Crippen LogP contribution is -2.41. The van der Waals surface area contributed by atoms with E-state index in [-0.39, 0.29) is 17.9 Å². The molecule has 19 heavy (non-hydrogen) atoms. The molecule has 1 heterocycles. The summed E-state index contributed by atoms with van der Waals surface area (Å²) in [5.41, 5.74) is 0.820. The average Bonchev–Trinajstić information content (AvgIpc) is 2.87. The number of carbonyl (C=O) groups excluding carboxylic acids is 1. The van der Waals surface area contributed by atoms with Gasteiger partial charge in [-0.2, -0.15) is 0 Å². The molecule has 0 aliphatic carbocycles. The van der Waals surface area contributed by atoms with Crippen molar-refractivity contribution in [2.24, 2.45) is 0 Å². The Bertz CT molecular complexity index is 404. The van der Waals surface area contributed by atoms with Gasteiger partial charge in [-0.15, -0.1) is 5.10 Å². The Balaban J connectivity index is 3.01. The highest BCUT2D eigenvalue weighted by Gasteiger charge is 2.27. The normalized spacial score (nSPS) is 11.3. The first-order valence-corrected chi connectivity index (χ1v) is 8.65. The van der Waals surface area contributed by atoms with Crippen molar-refractivity contribution in [2.45, 2.75) is 52.5 Å². The maximum Gasteiger partial charge on any atom is 0.267 e. The van der Waals surface area contributed by atoms with E-state index in [2.05, 4.69) is 39.4 Å². The Morgan fingerprint density at radius 1 is 1.37 bits per heavy atom. The Labute approximate surface area is 127 Å². The van der Waals surface area contributed by atoms with Gasteiger partial charge in [-0.1, -0.05) is 48.1 Å². The molecule has 0 bridgehead atoms. The lowest BCUT2D eigenvalue weighted by Gasteiger charge is -2.29. The zero-order valence-electron chi connectivity index (χ0n) is 12.0. The van der Waals surface area contributed by atoms with Crippen LogP contribution in [0.3, 0.4) is 0 Å². The first-order valence-electron chi connectivity index (χ1n) is 6.75. The fraction of sp³-hybridized carbons (Fsp3) is 0.769. The summed E-state index contributed by atoms with van der Waals surface area (Å²) in [7, 11) is 0. The van der Waals surface area contributed by atoms with Crippen molar-refractivity contribution in [2.75, 3.05) is 11.9 Å². The largest absolute Gasteiger partial charge is 0.334 e. The third-order valence-corrected chi connectivity index (χ3v) is 4.31. The number of halogens is 1. The van der Waals surface area contributed by atoms with Gasteiger partial charge in [-0.05, 0) is 30.3 Å². The Kier molecular flexibility index (Phi) is 6.93. The maximum absolute atomic E-state index is 12.7. The van der Waals surface area contributed by atoms with Crippen molar-refractivity contribution < 1.29 is 4.79 Å². The number of hydrogen-bond acceptors (Lipinski definition) is 4. The van der Waals surface area contributed by atoms with Crippen LogP contribution in [0, 0.1) is 0 Å². The SMILES string of the molecule is CCC(CC)N(CCBr)C(=O)c1snnc1C(C)C. The highest BCUT2D eigenvalue weighted by Crippen LogP contribution is 2.23. The molecule has 0 saturated heterocycles. The predicted octanol–water partition coefficient (Wildman–Crippen LogP) is 3.69. The van der Waals surface area contributed by atoms with Gasteiger partial charge in [0.25, 0.3) is 5.91 Å². The van der Waals surface area contributed by atoms with E-state index >= 15 is 0 Å². The molecule has 0 unspecified atom stereocenters. The van der Waals surface area contributed by atoms with E-state index in [4.69, 9.17) is 0 Å². The number of nitrogens with zero attached hydrogens (tertiary/aromatic N) is 3. The molecule has 0 atom stereocenters. The summed E-state index contributed by atoms with van der Waals surface area (Å²) in [6, 6.07) is 0.284. The van der Waals surface area contributed by atoms with E-state index in [0.717, 1.165) is 30.4 Å². The number of aromatic nitrogens is 2. The van der Waals surface area contributed by atoms with Gasteiger partial charge in [0.1, 0.15) is 4.88 Å². The highest BCUT2D eigenvalue weighted by molar-refractivity contribution is 9.09. The van der Waals surface area contributed by atoms with Crippen molar-refractivity contribution in [3.05, 3.63) is 10.6 Å². The highest BCUT2D eigenvalue weighted by atomic mass is 79.9. The molecule has 0 spiro atoms. The molecule has 4 nitrogen and oxygen atoms in total. The van der Waals surface area contributed by atoms with Crippen molar-refractivity contribution >= 4 is 33.4 Å². The van der Waals surface area contributed by atoms with Crippen molar-refractivity contribution in [1.82, 2.24) is 14.5 Å². The molecule has 108 valence electrons. The monoisotopic (exact) mass is 347 g/mol. The third-order valence-electron chi connectivity index (χ3n) is 3.22. The maximum atomic E-state index is 12.7. The second-order valence-corrected chi connectivity index (χ2v) is 6.35. The second-order valence-electron chi connectivity index (χ2n) is 4.80. The van der Waals surface area contributed by atoms with Gasteiger partial charge >= 0.3 is 0 Å². The minimum atomic E-state index is 0.0758. The first kappa shape index (κ1) is 16.6. The van der Waals surface area contributed by atoms with E-state index in [1.807, 2.05) is 18.7 Å². The van der Waals surface area contributed by atoms with E-state index in [1.165, 1.54) is 11.5 Å². The van der Waals surface area contributed by atoms with Crippen molar-refractivity contribution in [1.29, 1.82) is 0 Å². The quantitative estimate of drug-likeness (QED) is 0.706. The Morgan fingerprint density at radius 3 is 2.47 bits per heavy atom. The molecule has 1 amide bonds. The molecule has 0 aromatic carbocycles. The van der Waals surface area contributed by atoms with E-state index < -0.39 is 0 Å². The van der Waals surface area contributed by atoms with Crippen LogP contribution in [-0.2, 0) is 0 Å². The van der Waals surface area contributed by atoms with Crippen LogP contribution in [0.1, 0.15) is 61.8 Å². The molecule has 0 fully saturated rings. The summed E-state index contributed by atoms with van der Waals surface area (Å²) in [5.74, 6) is 0.303. The fourth-order valence-electron chi connectivity index (χ4n) is 2.12. The number of carbonyl (C=O) groups is 1. The molecule has 1 aromatic rings. The van der Waals surface area contributed by atoms with E-state index in [1.54, 1.807) is 0 Å². The lowest BCUT2D eigenvalue weighted by molar-refractivity contribution is 0.0686. The molecule has 0 aliphatic heterocycles. The van der Waals surface area contributed by atoms with Crippen LogP contribution < -0.4 is 0 Å². The fourth-order valence-corrected chi connectivity index (χ4v) is 3.28. The third kappa shape index (κ3) is 3.99. The molecule has 0 N–H and O–H groups in total. The van der Waals surface area contributed by atoms with Crippen LogP contribution in [0.4, 0.5) is 0 Å². The first-order chi connectivity index (χ1) is 9.06. The van der Waals surface area contributed by atoms with Gasteiger partial charge in [0.2, 0.25) is 0 Å². The predicted molar refractivity (Wildman–Crippen MR) is 83.2 cm³/mol. The van der Waals surface area contributed by atoms with Gasteiger partial charge in [0.05, 0.1) is 5.69 Å². The molecule has 6 heteroatoms. The van der Waals surface area contributed by atoms with Crippen LogP contribution in [0.5, 0.6) is 0 Å². The van der Waals surface area contributed by atoms with Crippen LogP contribution in [0.2, 0.25) is 0 Å². The lowest BCUT2D eigenvalue weighted by atomic mass is 10.1. The van der Waals surface area contributed by atoms with Gasteiger partial charge in [0, 0.05) is 17.9 Å². The summed E-state index contributed by atoms with van der Waals surface area (Å²) < 4.78 is 3.95. The van der Waals surface area contributed by atoms with Crippen LogP contribution in [0.25, 0.3) is 0 Å².